The van der Waals surface area contributed by atoms with Gasteiger partial charge in [0.05, 0.1) is 11.2 Å². The van der Waals surface area contributed by atoms with Gasteiger partial charge in [0.25, 0.3) is 0 Å². The molecule has 0 bridgehead atoms. The summed E-state index contributed by atoms with van der Waals surface area (Å²) in [5.74, 6) is 0. The van der Waals surface area contributed by atoms with E-state index >= 15 is 0 Å². The smallest absolute Gasteiger partial charge is 0.0787 e. The van der Waals surface area contributed by atoms with Crippen LogP contribution in [0.4, 0.5) is 0 Å². The van der Waals surface area contributed by atoms with Gasteiger partial charge in [0.1, 0.15) is 0 Å². The minimum absolute atomic E-state index is 0.966. The number of hydrogen-bond acceptors (Lipinski definition) is 1. The molecule has 0 saturated heterocycles. The van der Waals surface area contributed by atoms with Gasteiger partial charge in [-0.1, -0.05) is 200 Å². The third-order valence-electron chi connectivity index (χ3n) is 12.4. The highest BCUT2D eigenvalue weighted by atomic mass is 14.7. The van der Waals surface area contributed by atoms with Crippen molar-refractivity contribution in [2.45, 2.75) is 0 Å². The summed E-state index contributed by atoms with van der Waals surface area (Å²) in [4.78, 5) is 5.35. The molecule has 1 nitrogen and oxygen atoms in total. The first-order valence-electron chi connectivity index (χ1n) is 20.7. The zero-order valence-corrected chi connectivity index (χ0v) is 32.8. The molecule has 60 heavy (non-hydrogen) atoms. The first-order valence-corrected chi connectivity index (χ1v) is 20.7. The van der Waals surface area contributed by atoms with E-state index in [9.17, 15) is 0 Å². The summed E-state index contributed by atoms with van der Waals surface area (Å²) in [6, 6.07) is 82.1. The third kappa shape index (κ3) is 5.74. The van der Waals surface area contributed by atoms with E-state index in [1.54, 1.807) is 0 Å². The molecule has 1 heterocycles. The molecule has 0 aliphatic heterocycles. The maximum Gasteiger partial charge on any atom is 0.0787 e. The normalized spacial score (nSPS) is 11.7. The first-order chi connectivity index (χ1) is 29.7. The fourth-order valence-electron chi connectivity index (χ4n) is 9.37. The number of aromatic nitrogens is 1. The van der Waals surface area contributed by atoms with Gasteiger partial charge < -0.3 is 0 Å². The van der Waals surface area contributed by atoms with Crippen LogP contribution in [0, 0.1) is 0 Å². The minimum Gasteiger partial charge on any atom is -0.247 e. The Hall–Kier alpha value is -7.87. The first kappa shape index (κ1) is 34.2. The van der Waals surface area contributed by atoms with Crippen molar-refractivity contribution in [3.8, 4) is 55.8 Å². The van der Waals surface area contributed by atoms with E-state index in [1.165, 1.54) is 98.4 Å². The highest BCUT2D eigenvalue weighted by molar-refractivity contribution is 6.22. The summed E-state index contributed by atoms with van der Waals surface area (Å²) in [5, 5.41) is 13.4. The van der Waals surface area contributed by atoms with E-state index in [1.807, 2.05) is 0 Å². The van der Waals surface area contributed by atoms with Crippen LogP contribution in [-0.4, -0.2) is 4.98 Å². The zero-order chi connectivity index (χ0) is 39.6. The van der Waals surface area contributed by atoms with Crippen LogP contribution < -0.4 is 0 Å². The molecule has 0 amide bonds. The number of fused-ring (bicyclic) bond motifs is 7. The van der Waals surface area contributed by atoms with Gasteiger partial charge in [-0.2, -0.15) is 0 Å². The second-order valence-electron chi connectivity index (χ2n) is 15.9. The Bertz CT molecular complexity index is 3630. The van der Waals surface area contributed by atoms with Crippen molar-refractivity contribution in [3.05, 3.63) is 224 Å². The van der Waals surface area contributed by atoms with Gasteiger partial charge in [-0.15, -0.1) is 0 Å². The Morgan fingerprint density at radius 1 is 0.217 bits per heavy atom. The Morgan fingerprint density at radius 3 is 1.22 bits per heavy atom. The molecule has 0 unspecified atom stereocenters. The van der Waals surface area contributed by atoms with Gasteiger partial charge in [-0.25, -0.2) is 4.98 Å². The van der Waals surface area contributed by atoms with Crippen molar-refractivity contribution in [2.75, 3.05) is 0 Å². The third-order valence-corrected chi connectivity index (χ3v) is 12.4. The number of nitrogens with zero attached hydrogens (tertiary/aromatic N) is 1. The van der Waals surface area contributed by atoms with E-state index in [2.05, 4.69) is 224 Å². The van der Waals surface area contributed by atoms with Crippen molar-refractivity contribution in [2.24, 2.45) is 0 Å². The standard InChI is InChI=1S/C59H37N/c1-3-12-46-35-48(29-21-38(46)9-1)40-17-24-43(25-18-40)57-52-15-7-8-16-53(52)58(44-26-19-41(20-27-44)49-30-22-39-10-2-4-13-47(39)36-49)55-37-50(31-33-54(55)57)56-34-32-45-28-23-42-11-5-6-14-51(42)59(45)60-56/h1-37H. The molecule has 0 saturated carbocycles. The van der Waals surface area contributed by atoms with E-state index in [4.69, 9.17) is 4.98 Å². The number of benzene rings is 11. The van der Waals surface area contributed by atoms with Gasteiger partial charge in [-0.3, -0.25) is 0 Å². The summed E-state index contributed by atoms with van der Waals surface area (Å²) in [6.07, 6.45) is 0. The fraction of sp³-hybridized carbons (Fsp3) is 0. The van der Waals surface area contributed by atoms with Crippen molar-refractivity contribution in [3.63, 3.8) is 0 Å². The summed E-state index contributed by atoms with van der Waals surface area (Å²) < 4.78 is 0. The van der Waals surface area contributed by atoms with Crippen LogP contribution in [-0.2, 0) is 0 Å². The predicted octanol–water partition coefficient (Wildman–Crippen LogP) is 16.3. The highest BCUT2D eigenvalue weighted by Gasteiger charge is 2.19. The molecule has 12 aromatic rings. The predicted molar refractivity (Wildman–Crippen MR) is 256 cm³/mol. The Balaban J connectivity index is 1.06. The zero-order valence-electron chi connectivity index (χ0n) is 32.8. The van der Waals surface area contributed by atoms with E-state index in [-0.39, 0.29) is 0 Å². The molecule has 0 aliphatic rings. The molecule has 1 heteroatoms. The largest absolute Gasteiger partial charge is 0.247 e. The van der Waals surface area contributed by atoms with Crippen molar-refractivity contribution in [1.82, 2.24) is 4.98 Å². The fourth-order valence-corrected chi connectivity index (χ4v) is 9.37. The number of hydrogen-bond donors (Lipinski definition) is 0. The molecule has 11 aromatic carbocycles. The average Bonchev–Trinajstić information content (AvgIpc) is 3.32. The van der Waals surface area contributed by atoms with Crippen LogP contribution in [0.1, 0.15) is 0 Å². The van der Waals surface area contributed by atoms with E-state index in [0.717, 1.165) is 22.2 Å². The monoisotopic (exact) mass is 759 g/mol. The lowest BCUT2D eigenvalue weighted by Crippen LogP contribution is -1.93. The van der Waals surface area contributed by atoms with E-state index in [0.29, 0.717) is 0 Å². The van der Waals surface area contributed by atoms with Gasteiger partial charge in [0.15, 0.2) is 0 Å². The quantitative estimate of drug-likeness (QED) is 0.126. The van der Waals surface area contributed by atoms with Crippen LogP contribution in [0.3, 0.4) is 0 Å². The Morgan fingerprint density at radius 2 is 0.617 bits per heavy atom. The molecular formula is C59H37N. The molecule has 0 N–H and O–H groups in total. The summed E-state index contributed by atoms with van der Waals surface area (Å²) >= 11 is 0. The summed E-state index contributed by atoms with van der Waals surface area (Å²) in [7, 11) is 0. The Labute approximate surface area is 348 Å². The lowest BCUT2D eigenvalue weighted by atomic mass is 9.84. The lowest BCUT2D eigenvalue weighted by molar-refractivity contribution is 1.42. The lowest BCUT2D eigenvalue weighted by Gasteiger charge is -2.19. The second-order valence-corrected chi connectivity index (χ2v) is 15.9. The van der Waals surface area contributed by atoms with Gasteiger partial charge >= 0.3 is 0 Å². The summed E-state index contributed by atoms with van der Waals surface area (Å²) in [6.45, 7) is 0. The highest BCUT2D eigenvalue weighted by Crippen LogP contribution is 2.45. The van der Waals surface area contributed by atoms with Crippen LogP contribution in [0.15, 0.2) is 224 Å². The van der Waals surface area contributed by atoms with Crippen LogP contribution in [0.2, 0.25) is 0 Å². The molecule has 0 fully saturated rings. The topological polar surface area (TPSA) is 12.9 Å². The molecule has 12 rings (SSSR count). The van der Waals surface area contributed by atoms with Crippen LogP contribution >= 0.6 is 0 Å². The van der Waals surface area contributed by atoms with Gasteiger partial charge in [-0.05, 0) is 117 Å². The van der Waals surface area contributed by atoms with Gasteiger partial charge in [0.2, 0.25) is 0 Å². The van der Waals surface area contributed by atoms with Crippen LogP contribution in [0.25, 0.3) is 121 Å². The van der Waals surface area contributed by atoms with Crippen molar-refractivity contribution < 1.29 is 0 Å². The molecule has 0 radical (unpaired) electrons. The molecule has 0 atom stereocenters. The van der Waals surface area contributed by atoms with Crippen molar-refractivity contribution >= 4 is 64.8 Å². The molecule has 0 spiro atoms. The van der Waals surface area contributed by atoms with Crippen LogP contribution in [0.5, 0.6) is 0 Å². The molecule has 1 aromatic heterocycles. The average molecular weight is 760 g/mol. The second kappa shape index (κ2) is 13.9. The van der Waals surface area contributed by atoms with Gasteiger partial charge in [0, 0.05) is 16.3 Å². The SMILES string of the molecule is c1ccc2cc(-c3ccc(-c4c5ccccc5c(-c5ccc(-c6ccc7ccccc7c6)cc5)c5cc(-c6ccc7ccc8ccccc8c7n6)ccc45)cc3)ccc2c1. The minimum atomic E-state index is 0.966. The number of pyridine rings is 1. The summed E-state index contributed by atoms with van der Waals surface area (Å²) in [5.41, 5.74) is 12.8. The van der Waals surface area contributed by atoms with E-state index < -0.39 is 0 Å². The Kier molecular flexibility index (Phi) is 7.92. The number of rotatable bonds is 5. The molecule has 0 aliphatic carbocycles. The maximum atomic E-state index is 5.35. The molecular weight excluding hydrogens is 723 g/mol. The molecule has 278 valence electrons. The van der Waals surface area contributed by atoms with Crippen molar-refractivity contribution in [1.29, 1.82) is 0 Å². The maximum absolute atomic E-state index is 5.35.